The summed E-state index contributed by atoms with van der Waals surface area (Å²) in [4.78, 5) is 7.64. The minimum absolute atomic E-state index is 0.337. The van der Waals surface area contributed by atoms with Gasteiger partial charge in [0.15, 0.2) is 0 Å². The molecule has 16 aromatic carbocycles. The maximum absolute atomic E-state index is 2.58. The van der Waals surface area contributed by atoms with E-state index in [1.807, 2.05) is 0 Å². The van der Waals surface area contributed by atoms with Crippen molar-refractivity contribution in [3.63, 3.8) is 0 Å². The van der Waals surface area contributed by atoms with Gasteiger partial charge in [0.1, 0.15) is 0 Å². The lowest BCUT2D eigenvalue weighted by molar-refractivity contribution is 0.661. The summed E-state index contributed by atoms with van der Waals surface area (Å²) in [7, 11) is 0. The fourth-order valence-corrected chi connectivity index (χ4v) is 15.1. The maximum atomic E-state index is 2.58. The van der Waals surface area contributed by atoms with Crippen LogP contribution in [-0.4, -0.2) is 0 Å². The fourth-order valence-electron chi connectivity index (χ4n) is 15.1. The minimum Gasteiger partial charge on any atom is -0.310 e. The smallest absolute Gasteiger partial charge is 0.0621 e. The highest BCUT2D eigenvalue weighted by molar-refractivity contribution is 6.26. The van der Waals surface area contributed by atoms with Gasteiger partial charge in [0, 0.05) is 66.4 Å². The van der Waals surface area contributed by atoms with E-state index in [2.05, 4.69) is 411 Å². The molecular formula is C95H69N3. The van der Waals surface area contributed by atoms with E-state index in [4.69, 9.17) is 0 Å². The number of anilines is 9. The quantitative estimate of drug-likeness (QED) is 0.0748. The molecule has 0 aromatic heterocycles. The molecule has 1 aliphatic rings. The van der Waals surface area contributed by atoms with Gasteiger partial charge >= 0.3 is 0 Å². The van der Waals surface area contributed by atoms with Crippen LogP contribution in [0.15, 0.2) is 382 Å². The van der Waals surface area contributed by atoms with Gasteiger partial charge in [-0.25, -0.2) is 0 Å². The standard InChI is InChI=1S/C95H69N3/c1-95(2)88-45-25-21-44-82(88)84-64-86-87(65-89(84)95)93(97(76-57-51-70(52-58-76)67-31-11-4-12-32-67)91-47-27-23-42-80(91)73-37-17-7-18-38-73)83-62-61-78(96(75-55-49-69(50-56-75)66-29-9-3-10-30-66)90-46-26-22-41-79(90)72-35-15-6-16-36-72)63-85(83)94(86)98(77-59-53-71(54-60-77)68-33-13-5-14-34-68)92-48-28-24-43-81(92)74-39-19-8-20-40-74/h3-65H,1-2H3. The van der Waals surface area contributed by atoms with E-state index in [0.29, 0.717) is 0 Å². The van der Waals surface area contributed by atoms with Gasteiger partial charge in [-0.2, -0.15) is 0 Å². The molecule has 464 valence electrons. The monoisotopic (exact) mass is 1250 g/mol. The molecule has 0 atom stereocenters. The van der Waals surface area contributed by atoms with Crippen LogP contribution in [0.4, 0.5) is 51.2 Å². The predicted molar refractivity (Wildman–Crippen MR) is 416 cm³/mol. The Morgan fingerprint density at radius 2 is 0.469 bits per heavy atom. The molecule has 0 heterocycles. The molecule has 17 rings (SSSR count). The lowest BCUT2D eigenvalue weighted by atomic mass is 9.81. The predicted octanol–water partition coefficient (Wildman–Crippen LogP) is 26.7. The largest absolute Gasteiger partial charge is 0.310 e. The van der Waals surface area contributed by atoms with Crippen LogP contribution in [-0.2, 0) is 5.41 Å². The lowest BCUT2D eigenvalue weighted by Crippen LogP contribution is -2.18. The number of hydrogen-bond donors (Lipinski definition) is 0. The topological polar surface area (TPSA) is 9.72 Å². The van der Waals surface area contributed by atoms with Gasteiger partial charge < -0.3 is 14.7 Å². The van der Waals surface area contributed by atoms with Crippen molar-refractivity contribution >= 4 is 72.7 Å². The summed E-state index contributed by atoms with van der Waals surface area (Å²) in [5, 5.41) is 4.38. The second-order valence-corrected chi connectivity index (χ2v) is 25.9. The number of nitrogens with zero attached hydrogens (tertiary/aromatic N) is 3. The maximum Gasteiger partial charge on any atom is 0.0621 e. The molecular weight excluding hydrogens is 1180 g/mol. The van der Waals surface area contributed by atoms with E-state index in [1.54, 1.807) is 0 Å². The third kappa shape index (κ3) is 10.7. The fraction of sp³-hybridized carbons (Fsp3) is 0.0316. The van der Waals surface area contributed by atoms with Crippen LogP contribution in [0, 0.1) is 0 Å². The van der Waals surface area contributed by atoms with Crippen molar-refractivity contribution < 1.29 is 0 Å². The van der Waals surface area contributed by atoms with E-state index in [1.165, 1.54) is 33.4 Å². The summed E-state index contributed by atoms with van der Waals surface area (Å²) < 4.78 is 0. The van der Waals surface area contributed by atoms with Crippen LogP contribution in [0.2, 0.25) is 0 Å². The zero-order valence-corrected chi connectivity index (χ0v) is 54.7. The van der Waals surface area contributed by atoms with E-state index in [0.717, 1.165) is 128 Å². The summed E-state index contributed by atoms with van der Waals surface area (Å²) in [5.41, 5.74) is 27.9. The minimum atomic E-state index is -0.337. The highest BCUT2D eigenvalue weighted by Crippen LogP contribution is 2.59. The average Bonchev–Trinajstić information content (AvgIpc) is 1.32. The van der Waals surface area contributed by atoms with E-state index < -0.39 is 0 Å². The highest BCUT2D eigenvalue weighted by Gasteiger charge is 2.38. The van der Waals surface area contributed by atoms with E-state index in [9.17, 15) is 0 Å². The molecule has 0 fully saturated rings. The lowest BCUT2D eigenvalue weighted by Gasteiger charge is -2.35. The molecule has 1 aliphatic carbocycles. The van der Waals surface area contributed by atoms with E-state index in [-0.39, 0.29) is 5.41 Å². The Bertz CT molecular complexity index is 5540. The van der Waals surface area contributed by atoms with Gasteiger partial charge in [-0.1, -0.05) is 317 Å². The average molecular weight is 1250 g/mol. The van der Waals surface area contributed by atoms with Crippen molar-refractivity contribution in [3.05, 3.63) is 393 Å². The molecule has 16 aromatic rings. The summed E-state index contributed by atoms with van der Waals surface area (Å²) >= 11 is 0. The van der Waals surface area contributed by atoms with Gasteiger partial charge in [-0.15, -0.1) is 0 Å². The van der Waals surface area contributed by atoms with Crippen molar-refractivity contribution in [2.24, 2.45) is 0 Å². The van der Waals surface area contributed by atoms with E-state index >= 15 is 0 Å². The molecule has 0 amide bonds. The van der Waals surface area contributed by atoms with Crippen LogP contribution in [0.3, 0.4) is 0 Å². The van der Waals surface area contributed by atoms with Gasteiger partial charge in [0.25, 0.3) is 0 Å². The molecule has 0 N–H and O–H groups in total. The third-order valence-corrected chi connectivity index (χ3v) is 19.8. The van der Waals surface area contributed by atoms with Crippen LogP contribution < -0.4 is 14.7 Å². The van der Waals surface area contributed by atoms with Crippen molar-refractivity contribution in [2.45, 2.75) is 19.3 Å². The summed E-state index contributed by atoms with van der Waals surface area (Å²) in [6, 6.07) is 141. The molecule has 0 aliphatic heterocycles. The van der Waals surface area contributed by atoms with Crippen LogP contribution in [0.25, 0.3) is 99.4 Å². The molecule has 0 bridgehead atoms. The van der Waals surface area contributed by atoms with Gasteiger partial charge in [0.2, 0.25) is 0 Å². The molecule has 0 radical (unpaired) electrons. The zero-order chi connectivity index (χ0) is 65.5. The molecule has 3 heteroatoms. The normalized spacial score (nSPS) is 12.1. The number of para-hydroxylation sites is 3. The van der Waals surface area contributed by atoms with Gasteiger partial charge in [-0.05, 0) is 151 Å². The highest BCUT2D eigenvalue weighted by atomic mass is 15.2. The zero-order valence-electron chi connectivity index (χ0n) is 54.7. The SMILES string of the molecule is CC1(C)c2ccccc2-c2cc3c(N(c4ccc(-c5ccccc5)cc4)c4ccccc4-c4ccccc4)c4cc(N(c5ccc(-c6ccccc6)cc5)c5ccccc5-c5ccccc5)ccc4c(N(c4ccc(-c5ccccc5)cc4)c4ccccc4-c4ccccc4)c3cc21. The van der Waals surface area contributed by atoms with Crippen molar-refractivity contribution in [1.29, 1.82) is 0 Å². The first kappa shape index (κ1) is 59.2. The number of fused-ring (bicyclic) bond motifs is 5. The Labute approximate surface area is 574 Å². The van der Waals surface area contributed by atoms with Crippen molar-refractivity contribution in [2.75, 3.05) is 14.7 Å². The Kier molecular flexibility index (Phi) is 15.3. The Balaban J connectivity index is 1.05. The number of hydrogen-bond acceptors (Lipinski definition) is 3. The Morgan fingerprint density at radius 1 is 0.184 bits per heavy atom. The number of benzene rings is 16. The second-order valence-electron chi connectivity index (χ2n) is 25.9. The Morgan fingerprint density at radius 3 is 0.878 bits per heavy atom. The van der Waals surface area contributed by atoms with Gasteiger partial charge in [0.05, 0.1) is 28.4 Å². The Hall–Kier alpha value is -12.6. The molecule has 0 saturated heterocycles. The first-order valence-electron chi connectivity index (χ1n) is 33.9. The first-order chi connectivity index (χ1) is 48.4. The molecule has 0 saturated carbocycles. The summed E-state index contributed by atoms with van der Waals surface area (Å²) in [6.45, 7) is 4.82. The first-order valence-corrected chi connectivity index (χ1v) is 33.9. The molecule has 98 heavy (non-hydrogen) atoms. The van der Waals surface area contributed by atoms with Crippen LogP contribution in [0.5, 0.6) is 0 Å². The van der Waals surface area contributed by atoms with Crippen molar-refractivity contribution in [3.8, 4) is 77.9 Å². The van der Waals surface area contributed by atoms with Crippen molar-refractivity contribution in [1.82, 2.24) is 0 Å². The molecule has 3 nitrogen and oxygen atoms in total. The second kappa shape index (κ2) is 25.3. The number of rotatable bonds is 15. The van der Waals surface area contributed by atoms with Crippen LogP contribution in [0.1, 0.15) is 25.0 Å². The summed E-state index contributed by atoms with van der Waals surface area (Å²) in [5.74, 6) is 0. The molecule has 0 spiro atoms. The summed E-state index contributed by atoms with van der Waals surface area (Å²) in [6.07, 6.45) is 0. The van der Waals surface area contributed by atoms with Crippen LogP contribution >= 0.6 is 0 Å². The molecule has 0 unspecified atom stereocenters. The van der Waals surface area contributed by atoms with Gasteiger partial charge in [-0.3, -0.25) is 0 Å². The third-order valence-electron chi connectivity index (χ3n) is 19.8.